The molecule has 1 unspecified atom stereocenters. The van der Waals surface area contributed by atoms with Gasteiger partial charge >= 0.3 is 0 Å². The first-order valence-corrected chi connectivity index (χ1v) is 9.61. The standard InChI is InChI=1S/C25H25NO4/c1-16-14-19(30-4)11-13-20(16)24(28)21-12-10-18(26(2)3)15-22(21)25(29)23(27)17-8-6-5-7-9-17/h5-15,25,29H,1-4H3. The monoisotopic (exact) mass is 403 g/mol. The van der Waals surface area contributed by atoms with Crippen LogP contribution < -0.4 is 9.64 Å². The van der Waals surface area contributed by atoms with Crippen LogP contribution in [-0.2, 0) is 0 Å². The number of aliphatic hydroxyl groups excluding tert-OH is 1. The Morgan fingerprint density at radius 2 is 1.60 bits per heavy atom. The molecule has 0 heterocycles. The number of aryl methyl sites for hydroxylation is 1. The molecule has 3 aromatic carbocycles. The number of carbonyl (C=O) groups excluding carboxylic acids is 2. The minimum atomic E-state index is -1.45. The zero-order chi connectivity index (χ0) is 21.8. The highest BCUT2D eigenvalue weighted by molar-refractivity contribution is 6.12. The number of aliphatic hydroxyl groups is 1. The lowest BCUT2D eigenvalue weighted by Crippen LogP contribution is -2.18. The molecule has 0 saturated carbocycles. The second-order valence-corrected chi connectivity index (χ2v) is 7.31. The zero-order valence-electron chi connectivity index (χ0n) is 17.5. The summed E-state index contributed by atoms with van der Waals surface area (Å²) in [6.07, 6.45) is -1.45. The minimum absolute atomic E-state index is 0.254. The van der Waals surface area contributed by atoms with Crippen LogP contribution in [0.25, 0.3) is 0 Å². The summed E-state index contributed by atoms with van der Waals surface area (Å²) in [6.45, 7) is 1.83. The molecule has 0 aliphatic rings. The van der Waals surface area contributed by atoms with E-state index in [9.17, 15) is 14.7 Å². The second-order valence-electron chi connectivity index (χ2n) is 7.31. The predicted molar refractivity (Wildman–Crippen MR) is 118 cm³/mol. The van der Waals surface area contributed by atoms with Gasteiger partial charge in [-0.3, -0.25) is 9.59 Å². The Morgan fingerprint density at radius 3 is 2.20 bits per heavy atom. The average Bonchev–Trinajstić information content (AvgIpc) is 2.77. The van der Waals surface area contributed by atoms with Crippen molar-refractivity contribution in [2.45, 2.75) is 13.0 Å². The van der Waals surface area contributed by atoms with E-state index in [2.05, 4.69) is 0 Å². The highest BCUT2D eigenvalue weighted by atomic mass is 16.5. The topological polar surface area (TPSA) is 66.8 Å². The molecule has 5 nitrogen and oxygen atoms in total. The van der Waals surface area contributed by atoms with Crippen LogP contribution >= 0.6 is 0 Å². The molecule has 0 amide bonds. The Bertz CT molecular complexity index is 1070. The number of methoxy groups -OCH3 is 1. The van der Waals surface area contributed by atoms with Crippen molar-refractivity contribution in [3.63, 3.8) is 0 Å². The largest absolute Gasteiger partial charge is 0.497 e. The molecule has 0 bridgehead atoms. The van der Waals surface area contributed by atoms with Gasteiger partial charge in [0.2, 0.25) is 0 Å². The Labute approximate surface area is 176 Å². The number of anilines is 1. The molecule has 0 aliphatic carbocycles. The summed E-state index contributed by atoms with van der Waals surface area (Å²) in [4.78, 5) is 28.1. The van der Waals surface area contributed by atoms with Gasteiger partial charge in [0.1, 0.15) is 11.9 Å². The van der Waals surface area contributed by atoms with Crippen molar-refractivity contribution in [1.29, 1.82) is 0 Å². The number of rotatable bonds is 7. The van der Waals surface area contributed by atoms with Crippen molar-refractivity contribution in [3.8, 4) is 5.75 Å². The third-order valence-electron chi connectivity index (χ3n) is 5.08. The van der Waals surface area contributed by atoms with Crippen LogP contribution in [0.3, 0.4) is 0 Å². The molecule has 3 aromatic rings. The maximum atomic E-state index is 13.4. The van der Waals surface area contributed by atoms with Crippen molar-refractivity contribution < 1.29 is 19.4 Å². The Morgan fingerprint density at radius 1 is 0.933 bits per heavy atom. The van der Waals surface area contributed by atoms with E-state index in [1.54, 1.807) is 73.8 Å². The third-order valence-corrected chi connectivity index (χ3v) is 5.08. The van der Waals surface area contributed by atoms with Crippen LogP contribution in [0, 0.1) is 6.92 Å². The fourth-order valence-electron chi connectivity index (χ4n) is 3.33. The zero-order valence-corrected chi connectivity index (χ0v) is 17.5. The molecule has 0 aliphatic heterocycles. The first kappa shape index (κ1) is 21.3. The lowest BCUT2D eigenvalue weighted by molar-refractivity contribution is 0.0745. The van der Waals surface area contributed by atoms with Crippen LogP contribution in [0.4, 0.5) is 5.69 Å². The number of hydrogen-bond acceptors (Lipinski definition) is 5. The van der Waals surface area contributed by atoms with Crippen molar-refractivity contribution >= 4 is 17.3 Å². The molecule has 0 aromatic heterocycles. The summed E-state index contributed by atoms with van der Waals surface area (Å²) >= 11 is 0. The molecule has 30 heavy (non-hydrogen) atoms. The highest BCUT2D eigenvalue weighted by Crippen LogP contribution is 2.29. The molecule has 3 rings (SSSR count). The molecule has 0 spiro atoms. The molecule has 5 heteroatoms. The quantitative estimate of drug-likeness (QED) is 0.599. The first-order valence-electron chi connectivity index (χ1n) is 9.61. The van der Waals surface area contributed by atoms with Crippen LogP contribution in [0.5, 0.6) is 5.75 Å². The molecular weight excluding hydrogens is 378 g/mol. The third kappa shape index (κ3) is 4.26. The maximum absolute atomic E-state index is 13.4. The SMILES string of the molecule is COc1ccc(C(=O)c2ccc(N(C)C)cc2C(O)C(=O)c2ccccc2)c(C)c1. The molecular formula is C25H25NO4. The maximum Gasteiger partial charge on any atom is 0.195 e. The number of ether oxygens (including phenoxy) is 1. The first-order chi connectivity index (χ1) is 14.3. The highest BCUT2D eigenvalue weighted by Gasteiger charge is 2.26. The lowest BCUT2D eigenvalue weighted by atomic mass is 9.90. The minimum Gasteiger partial charge on any atom is -0.497 e. The average molecular weight is 403 g/mol. The van der Waals surface area contributed by atoms with Gasteiger partial charge in [-0.05, 0) is 48.9 Å². The van der Waals surface area contributed by atoms with Gasteiger partial charge in [0.15, 0.2) is 11.6 Å². The summed E-state index contributed by atoms with van der Waals surface area (Å²) < 4.78 is 5.22. The van der Waals surface area contributed by atoms with Gasteiger partial charge in [-0.1, -0.05) is 30.3 Å². The van der Waals surface area contributed by atoms with Gasteiger partial charge in [0, 0.05) is 42.0 Å². The predicted octanol–water partition coefficient (Wildman–Crippen LogP) is 4.22. The van der Waals surface area contributed by atoms with E-state index >= 15 is 0 Å². The number of carbonyl (C=O) groups is 2. The van der Waals surface area contributed by atoms with Crippen LogP contribution in [0.2, 0.25) is 0 Å². The molecule has 1 N–H and O–H groups in total. The number of Topliss-reactive ketones (excluding diaryl/α,β-unsaturated/α-hetero) is 1. The van der Waals surface area contributed by atoms with E-state index in [0.29, 0.717) is 22.4 Å². The van der Waals surface area contributed by atoms with Crippen molar-refractivity contribution in [1.82, 2.24) is 0 Å². The van der Waals surface area contributed by atoms with Crippen LogP contribution in [-0.4, -0.2) is 37.9 Å². The van der Waals surface area contributed by atoms with Gasteiger partial charge in [-0.2, -0.15) is 0 Å². The van der Waals surface area contributed by atoms with Crippen LogP contribution in [0.15, 0.2) is 66.7 Å². The molecule has 154 valence electrons. The van der Waals surface area contributed by atoms with Gasteiger partial charge in [-0.15, -0.1) is 0 Å². The van der Waals surface area contributed by atoms with Crippen molar-refractivity contribution in [2.24, 2.45) is 0 Å². The number of nitrogens with zero attached hydrogens (tertiary/aromatic N) is 1. The summed E-state index contributed by atoms with van der Waals surface area (Å²) in [5, 5.41) is 10.9. The Kier molecular flexibility index (Phi) is 6.33. The summed E-state index contributed by atoms with van der Waals surface area (Å²) in [5.41, 5.74) is 3.01. The molecule has 0 fully saturated rings. The van der Waals surface area contributed by atoms with E-state index in [1.165, 1.54) is 0 Å². The summed E-state index contributed by atoms with van der Waals surface area (Å²) in [6, 6.07) is 18.9. The molecule has 0 saturated heterocycles. The summed E-state index contributed by atoms with van der Waals surface area (Å²) in [5.74, 6) is -0.0473. The Balaban J connectivity index is 2.09. The van der Waals surface area contributed by atoms with E-state index in [0.717, 1.165) is 11.3 Å². The lowest BCUT2D eigenvalue weighted by Gasteiger charge is -2.19. The second kappa shape index (κ2) is 8.93. The van der Waals surface area contributed by atoms with E-state index in [1.807, 2.05) is 25.9 Å². The molecule has 0 radical (unpaired) electrons. The fraction of sp³-hybridized carbons (Fsp3) is 0.200. The van der Waals surface area contributed by atoms with Gasteiger partial charge in [-0.25, -0.2) is 0 Å². The van der Waals surface area contributed by atoms with Crippen LogP contribution in [0.1, 0.15) is 43.5 Å². The fourth-order valence-corrected chi connectivity index (χ4v) is 3.33. The van der Waals surface area contributed by atoms with Gasteiger partial charge in [0.05, 0.1) is 7.11 Å². The van der Waals surface area contributed by atoms with Crippen molar-refractivity contribution in [2.75, 3.05) is 26.1 Å². The smallest absolute Gasteiger partial charge is 0.195 e. The number of benzene rings is 3. The van der Waals surface area contributed by atoms with Gasteiger partial charge < -0.3 is 14.7 Å². The summed E-state index contributed by atoms with van der Waals surface area (Å²) in [7, 11) is 5.29. The Hall–Kier alpha value is -3.44. The van der Waals surface area contributed by atoms with E-state index < -0.39 is 11.9 Å². The number of ketones is 2. The van der Waals surface area contributed by atoms with E-state index in [-0.39, 0.29) is 11.3 Å². The van der Waals surface area contributed by atoms with Crippen molar-refractivity contribution in [3.05, 3.63) is 94.5 Å². The van der Waals surface area contributed by atoms with E-state index in [4.69, 9.17) is 4.74 Å². The van der Waals surface area contributed by atoms with Gasteiger partial charge in [0.25, 0.3) is 0 Å². The number of hydrogen-bond donors (Lipinski definition) is 1. The molecule has 1 atom stereocenters. The normalized spacial score (nSPS) is 11.6.